The zero-order chi connectivity index (χ0) is 43.3. The number of aryl methyl sites for hydroxylation is 2. The van der Waals surface area contributed by atoms with E-state index in [9.17, 15) is 10.2 Å². The quantitative estimate of drug-likeness (QED) is 0.144. The normalized spacial score (nSPS) is 15.3. The number of phenolic OH excluding ortho intramolecular Hbond substituents is 2. The second-order valence-electron chi connectivity index (χ2n) is 17.5. The molecule has 2 heterocycles. The topological polar surface area (TPSA) is 68.8 Å². The fraction of sp³-hybridized carbons (Fsp3) is 0.172. The van der Waals surface area contributed by atoms with Crippen molar-refractivity contribution in [1.29, 1.82) is 0 Å². The molecule has 10 aromatic rings. The lowest BCUT2D eigenvalue weighted by atomic mass is 9.80. The van der Waals surface area contributed by atoms with Crippen molar-refractivity contribution in [3.05, 3.63) is 181 Å². The summed E-state index contributed by atoms with van der Waals surface area (Å²) in [5.74, 6) is 2.50. The summed E-state index contributed by atoms with van der Waals surface area (Å²) in [6, 6.07) is 57.9. The summed E-state index contributed by atoms with van der Waals surface area (Å²) in [6.07, 6.45) is 4.39. The summed E-state index contributed by atoms with van der Waals surface area (Å²) < 4.78 is 18.0. The molecule has 0 radical (unpaired) electrons. The van der Waals surface area contributed by atoms with Gasteiger partial charge in [-0.1, -0.05) is 122 Å². The van der Waals surface area contributed by atoms with E-state index < -0.39 is 0 Å². The van der Waals surface area contributed by atoms with E-state index in [1.165, 1.54) is 0 Å². The molecule has 0 spiro atoms. The molecule has 0 saturated heterocycles. The van der Waals surface area contributed by atoms with Crippen molar-refractivity contribution in [2.75, 3.05) is 13.2 Å². The minimum atomic E-state index is 0.220. The molecule has 0 bridgehead atoms. The summed E-state index contributed by atoms with van der Waals surface area (Å²) in [5, 5.41) is 29.0. The summed E-state index contributed by atoms with van der Waals surface area (Å²) >= 11 is 0. The molecule has 0 aliphatic heterocycles. The van der Waals surface area contributed by atoms with Crippen molar-refractivity contribution >= 4 is 43.6 Å². The molecule has 8 aromatic carbocycles. The zero-order valence-electron chi connectivity index (χ0n) is 36.2. The van der Waals surface area contributed by atoms with Crippen molar-refractivity contribution in [1.82, 2.24) is 9.13 Å². The molecule has 6 nitrogen and oxygen atoms in total. The molecule has 2 aromatic heterocycles. The number of benzene rings is 8. The van der Waals surface area contributed by atoms with Crippen LogP contribution in [0.4, 0.5) is 0 Å². The summed E-state index contributed by atoms with van der Waals surface area (Å²) in [5.41, 5.74) is 11.0. The van der Waals surface area contributed by atoms with Crippen LogP contribution in [-0.4, -0.2) is 32.6 Å². The number of fused-ring (bicyclic) bond motifs is 6. The van der Waals surface area contributed by atoms with E-state index in [0.29, 0.717) is 13.2 Å². The lowest BCUT2D eigenvalue weighted by Gasteiger charge is -2.32. The van der Waals surface area contributed by atoms with E-state index in [4.69, 9.17) is 9.47 Å². The lowest BCUT2D eigenvalue weighted by molar-refractivity contribution is 0.105. The number of hydrogen-bond donors (Lipinski definition) is 2. The predicted molar refractivity (Wildman–Crippen MR) is 262 cm³/mol. The maximum absolute atomic E-state index is 12.2. The Hall–Kier alpha value is -7.44. The minimum absolute atomic E-state index is 0.220. The number of phenols is 2. The fourth-order valence-corrected chi connectivity index (χ4v) is 10.4. The number of aromatic hydroxyl groups is 2. The molecule has 2 atom stereocenters. The number of rotatable bonds is 10. The Morgan fingerprint density at radius 3 is 1.12 bits per heavy atom. The molecule has 6 heteroatoms. The van der Waals surface area contributed by atoms with Crippen LogP contribution in [0.25, 0.3) is 77.2 Å². The van der Waals surface area contributed by atoms with Crippen molar-refractivity contribution in [3.8, 4) is 56.6 Å². The first kappa shape index (κ1) is 39.4. The number of hydrogen-bond acceptors (Lipinski definition) is 4. The van der Waals surface area contributed by atoms with Crippen LogP contribution in [0.3, 0.4) is 0 Å². The van der Waals surface area contributed by atoms with E-state index in [0.717, 1.165) is 126 Å². The van der Waals surface area contributed by atoms with E-state index in [1.54, 1.807) is 0 Å². The summed E-state index contributed by atoms with van der Waals surface area (Å²) in [7, 11) is 0. The number of nitrogens with zero attached hydrogens (tertiary/aromatic N) is 2. The summed E-state index contributed by atoms with van der Waals surface area (Å²) in [6.45, 7) is 5.25. The first-order valence-electron chi connectivity index (χ1n) is 22.5. The highest BCUT2D eigenvalue weighted by Gasteiger charge is 2.28. The first-order chi connectivity index (χ1) is 31.4. The van der Waals surface area contributed by atoms with Gasteiger partial charge in [-0.15, -0.1) is 0 Å². The highest BCUT2D eigenvalue weighted by Crippen LogP contribution is 2.45. The standard InChI is InChI=1S/C58H50N2O4/c1-37-31-47(57(61)53(33-37)59-49-25-11-5-19-41(49)42-20-6-12-26-50(42)59)45-23-9-15-29-55(45)63-35-39-17-3-4-18-40(39)36-64-56-30-16-10-24-46(56)48-32-38(2)34-54(58(48)62)60-51-27-13-7-21-43(51)44-22-8-14-28-52(44)60/h5-16,19-34,39-40,61-62H,3-4,17-18,35-36H2,1-2H3. The van der Waals surface area contributed by atoms with Gasteiger partial charge in [0.25, 0.3) is 0 Å². The van der Waals surface area contributed by atoms with E-state index in [1.807, 2.05) is 48.5 Å². The van der Waals surface area contributed by atoms with Crippen LogP contribution in [0.2, 0.25) is 0 Å². The van der Waals surface area contributed by atoms with Crippen molar-refractivity contribution in [2.45, 2.75) is 39.5 Å². The van der Waals surface area contributed by atoms with Crippen molar-refractivity contribution in [3.63, 3.8) is 0 Å². The largest absolute Gasteiger partial charge is 0.505 e. The third kappa shape index (κ3) is 6.81. The van der Waals surface area contributed by atoms with Gasteiger partial charge in [0.2, 0.25) is 0 Å². The van der Waals surface area contributed by atoms with Crippen LogP contribution < -0.4 is 9.47 Å². The van der Waals surface area contributed by atoms with Crippen LogP contribution in [0.1, 0.15) is 36.8 Å². The Kier molecular flexibility index (Phi) is 10.1. The fourth-order valence-electron chi connectivity index (χ4n) is 10.4. The van der Waals surface area contributed by atoms with Gasteiger partial charge in [-0.25, -0.2) is 0 Å². The molecule has 1 aliphatic carbocycles. The average Bonchev–Trinajstić information content (AvgIpc) is 3.85. The highest BCUT2D eigenvalue weighted by molar-refractivity contribution is 6.10. The molecular weight excluding hydrogens is 789 g/mol. The molecule has 1 saturated carbocycles. The zero-order valence-corrected chi connectivity index (χ0v) is 36.2. The monoisotopic (exact) mass is 838 g/mol. The lowest BCUT2D eigenvalue weighted by Crippen LogP contribution is -2.30. The Morgan fingerprint density at radius 2 is 0.750 bits per heavy atom. The Bertz CT molecular complexity index is 3040. The van der Waals surface area contributed by atoms with Crippen molar-refractivity contribution in [2.24, 2.45) is 11.8 Å². The average molecular weight is 839 g/mol. The Labute approximate surface area is 373 Å². The van der Waals surface area contributed by atoms with Crippen LogP contribution in [0.15, 0.2) is 170 Å². The van der Waals surface area contributed by atoms with Gasteiger partial charge >= 0.3 is 0 Å². The maximum atomic E-state index is 12.2. The van der Waals surface area contributed by atoms with E-state index >= 15 is 0 Å². The van der Waals surface area contributed by atoms with Gasteiger partial charge in [-0.2, -0.15) is 0 Å². The molecule has 11 rings (SSSR count). The van der Waals surface area contributed by atoms with Gasteiger partial charge in [0.1, 0.15) is 23.0 Å². The van der Waals surface area contributed by atoms with Crippen LogP contribution in [0, 0.1) is 25.7 Å². The SMILES string of the molecule is Cc1cc(-c2ccccc2OCC2CCCCC2COc2ccccc2-c2cc(C)cc(-n3c4ccccc4c4ccccc43)c2O)c(O)c(-n2c3ccccc3c3ccccc32)c1. The van der Waals surface area contributed by atoms with Gasteiger partial charge in [0.05, 0.1) is 46.7 Å². The van der Waals surface area contributed by atoms with Crippen molar-refractivity contribution < 1.29 is 19.7 Å². The van der Waals surface area contributed by atoms with Gasteiger partial charge in [-0.05, 0) is 110 Å². The third-order valence-electron chi connectivity index (χ3n) is 13.4. The molecule has 64 heavy (non-hydrogen) atoms. The molecule has 2 unspecified atom stereocenters. The van der Waals surface area contributed by atoms with E-state index in [-0.39, 0.29) is 23.3 Å². The number of aromatic nitrogens is 2. The molecule has 316 valence electrons. The van der Waals surface area contributed by atoms with Gasteiger partial charge in [0, 0.05) is 43.8 Å². The summed E-state index contributed by atoms with van der Waals surface area (Å²) in [4.78, 5) is 0. The smallest absolute Gasteiger partial charge is 0.147 e. The molecule has 0 amide bonds. The number of para-hydroxylation sites is 6. The first-order valence-corrected chi connectivity index (χ1v) is 22.5. The highest BCUT2D eigenvalue weighted by atomic mass is 16.5. The molecule has 1 aliphatic rings. The second-order valence-corrected chi connectivity index (χ2v) is 17.5. The molecular formula is C58H50N2O4. The Balaban J connectivity index is 0.868. The minimum Gasteiger partial charge on any atom is -0.505 e. The van der Waals surface area contributed by atoms with Crippen LogP contribution in [-0.2, 0) is 0 Å². The third-order valence-corrected chi connectivity index (χ3v) is 13.4. The maximum Gasteiger partial charge on any atom is 0.147 e. The van der Waals surface area contributed by atoms with Gasteiger partial charge in [0.15, 0.2) is 0 Å². The molecule has 2 N–H and O–H groups in total. The van der Waals surface area contributed by atoms with Gasteiger partial charge in [-0.3, -0.25) is 0 Å². The van der Waals surface area contributed by atoms with Crippen LogP contribution in [0.5, 0.6) is 23.0 Å². The predicted octanol–water partition coefficient (Wildman–Crippen LogP) is 14.5. The van der Waals surface area contributed by atoms with Crippen LogP contribution >= 0.6 is 0 Å². The second kappa shape index (κ2) is 16.4. The molecule has 1 fully saturated rings. The number of ether oxygens (including phenoxy) is 2. The Morgan fingerprint density at radius 1 is 0.422 bits per heavy atom. The van der Waals surface area contributed by atoms with Gasteiger partial charge < -0.3 is 28.8 Å². The van der Waals surface area contributed by atoms with E-state index in [2.05, 4.69) is 144 Å².